The number of para-hydroxylation sites is 3. The number of hydrogen-bond acceptors (Lipinski definition) is 1. The minimum absolute atomic E-state index is 0.388. The van der Waals surface area contributed by atoms with E-state index in [2.05, 4.69) is 138 Å². The van der Waals surface area contributed by atoms with Gasteiger partial charge in [0.15, 0.2) is 0 Å². The fraction of sp³-hybridized carbons (Fsp3) is 0.0541. The van der Waals surface area contributed by atoms with Gasteiger partial charge in [-0.25, -0.2) is 0 Å². The highest BCUT2D eigenvalue weighted by atomic mass is 15.0. The van der Waals surface area contributed by atoms with Crippen LogP contribution in [0.4, 0.5) is 0 Å². The van der Waals surface area contributed by atoms with E-state index >= 15 is 0 Å². The Morgan fingerprint density at radius 3 is 2.26 bits per heavy atom. The fourth-order valence-corrected chi connectivity index (χ4v) is 7.49. The standard InChI is InChI=1S/C37H24N2/c1-2-11-24(12-3-1)33-22-21-30-28(23-38-33)25-13-4-6-16-29(25)37(30)31-17-7-9-20-35(31)39-34-19-8-5-14-26(34)27-15-10-18-32(37)36(27)39/h1-20,22-23H,21H2. The number of benzene rings is 5. The zero-order valence-corrected chi connectivity index (χ0v) is 21.3. The molecule has 5 aromatic carbocycles. The van der Waals surface area contributed by atoms with Gasteiger partial charge in [-0.1, -0.05) is 115 Å². The quantitative estimate of drug-likeness (QED) is 0.217. The van der Waals surface area contributed by atoms with Gasteiger partial charge in [-0.15, -0.1) is 0 Å². The second kappa shape index (κ2) is 7.55. The van der Waals surface area contributed by atoms with E-state index in [9.17, 15) is 0 Å². The second-order valence-electron chi connectivity index (χ2n) is 10.7. The van der Waals surface area contributed by atoms with Crippen molar-refractivity contribution in [1.29, 1.82) is 0 Å². The second-order valence-corrected chi connectivity index (χ2v) is 10.7. The van der Waals surface area contributed by atoms with Crippen LogP contribution in [0.3, 0.4) is 0 Å². The van der Waals surface area contributed by atoms with Crippen molar-refractivity contribution in [3.05, 3.63) is 161 Å². The highest BCUT2D eigenvalue weighted by molar-refractivity contribution is 6.19. The van der Waals surface area contributed by atoms with Gasteiger partial charge in [-0.05, 0) is 51.9 Å². The lowest BCUT2D eigenvalue weighted by atomic mass is 9.64. The third-order valence-corrected chi connectivity index (χ3v) is 8.95. The van der Waals surface area contributed by atoms with Gasteiger partial charge < -0.3 is 4.57 Å². The molecule has 6 aromatic rings. The summed E-state index contributed by atoms with van der Waals surface area (Å²) < 4.78 is 2.50. The van der Waals surface area contributed by atoms with E-state index in [1.807, 2.05) is 0 Å². The molecule has 0 saturated carbocycles. The van der Waals surface area contributed by atoms with Crippen LogP contribution in [0, 0.1) is 0 Å². The molecule has 0 bridgehead atoms. The first kappa shape index (κ1) is 21.0. The Kier molecular flexibility index (Phi) is 4.07. The Hall–Kier alpha value is -4.95. The molecule has 9 rings (SSSR count). The lowest BCUT2D eigenvalue weighted by Crippen LogP contribution is -2.34. The van der Waals surface area contributed by atoms with Crippen LogP contribution >= 0.6 is 0 Å². The van der Waals surface area contributed by atoms with E-state index in [1.54, 1.807) is 0 Å². The van der Waals surface area contributed by atoms with Gasteiger partial charge in [-0.2, -0.15) is 0 Å². The topological polar surface area (TPSA) is 17.3 Å². The van der Waals surface area contributed by atoms with Crippen molar-refractivity contribution in [3.8, 4) is 5.69 Å². The first-order chi connectivity index (χ1) is 19.4. The molecule has 0 N–H and O–H groups in total. The third kappa shape index (κ3) is 2.54. The van der Waals surface area contributed by atoms with Gasteiger partial charge in [0, 0.05) is 22.6 Å². The fourth-order valence-electron chi connectivity index (χ4n) is 7.49. The molecule has 0 amide bonds. The number of nitrogens with zero attached hydrogens (tertiary/aromatic N) is 2. The van der Waals surface area contributed by atoms with Crippen molar-refractivity contribution in [3.63, 3.8) is 0 Å². The maximum atomic E-state index is 5.07. The van der Waals surface area contributed by atoms with Gasteiger partial charge in [0.2, 0.25) is 0 Å². The average Bonchev–Trinajstić information content (AvgIpc) is 3.37. The summed E-state index contributed by atoms with van der Waals surface area (Å²) in [5.74, 6) is 0. The van der Waals surface area contributed by atoms with Crippen LogP contribution in [0.25, 0.3) is 38.8 Å². The minimum Gasteiger partial charge on any atom is -0.309 e. The summed E-state index contributed by atoms with van der Waals surface area (Å²) in [4.78, 5) is 5.07. The lowest BCUT2D eigenvalue weighted by molar-refractivity contribution is 0.710. The summed E-state index contributed by atoms with van der Waals surface area (Å²) in [5, 5.41) is 2.61. The zero-order chi connectivity index (χ0) is 25.6. The molecular weight excluding hydrogens is 472 g/mol. The summed E-state index contributed by atoms with van der Waals surface area (Å²) in [7, 11) is 0. The normalized spacial score (nSPS) is 18.7. The van der Waals surface area contributed by atoms with E-state index < -0.39 is 0 Å². The Bertz CT molecular complexity index is 2090. The van der Waals surface area contributed by atoms with Crippen LogP contribution in [0.1, 0.15) is 34.2 Å². The van der Waals surface area contributed by atoms with E-state index in [-0.39, 0.29) is 5.41 Å². The number of aromatic nitrogens is 1. The minimum atomic E-state index is -0.388. The number of hydrogen-bond donors (Lipinski definition) is 0. The number of fused-ring (bicyclic) bond motifs is 11. The molecule has 2 heteroatoms. The molecule has 3 heterocycles. The summed E-state index contributed by atoms with van der Waals surface area (Å²) in [6.07, 6.45) is 5.29. The molecule has 1 aliphatic carbocycles. The van der Waals surface area contributed by atoms with E-state index in [4.69, 9.17) is 4.99 Å². The zero-order valence-electron chi connectivity index (χ0n) is 21.3. The maximum absolute atomic E-state index is 5.07. The van der Waals surface area contributed by atoms with Crippen molar-refractivity contribution in [1.82, 2.24) is 4.57 Å². The Balaban J connectivity index is 1.43. The van der Waals surface area contributed by atoms with E-state index in [0.29, 0.717) is 0 Å². The van der Waals surface area contributed by atoms with E-state index in [0.717, 1.165) is 17.7 Å². The molecule has 0 saturated heterocycles. The molecule has 1 atom stereocenters. The summed E-state index contributed by atoms with van der Waals surface area (Å²) >= 11 is 0. The molecule has 182 valence electrons. The van der Waals surface area contributed by atoms with E-state index in [1.165, 1.54) is 60.9 Å². The van der Waals surface area contributed by atoms with Crippen LogP contribution in [0.2, 0.25) is 0 Å². The smallest absolute Gasteiger partial charge is 0.0721 e. The molecule has 0 radical (unpaired) electrons. The summed E-state index contributed by atoms with van der Waals surface area (Å²) in [6.45, 7) is 0. The highest BCUT2D eigenvalue weighted by Gasteiger charge is 2.51. The predicted octanol–water partition coefficient (Wildman–Crippen LogP) is 8.71. The molecule has 1 unspecified atom stereocenters. The van der Waals surface area contributed by atoms with Crippen molar-refractivity contribution >= 4 is 39.3 Å². The average molecular weight is 497 g/mol. The van der Waals surface area contributed by atoms with Gasteiger partial charge in [0.05, 0.1) is 27.8 Å². The Morgan fingerprint density at radius 2 is 1.33 bits per heavy atom. The van der Waals surface area contributed by atoms with Crippen molar-refractivity contribution < 1.29 is 0 Å². The molecule has 1 spiro atoms. The summed E-state index contributed by atoms with van der Waals surface area (Å²) in [6, 6.07) is 44.3. The van der Waals surface area contributed by atoms with Gasteiger partial charge in [0.25, 0.3) is 0 Å². The van der Waals surface area contributed by atoms with Gasteiger partial charge in [-0.3, -0.25) is 4.99 Å². The molecule has 1 aromatic heterocycles. The molecule has 3 aliphatic rings. The summed E-state index contributed by atoms with van der Waals surface area (Å²) in [5.41, 5.74) is 13.7. The Labute approximate surface area is 226 Å². The van der Waals surface area contributed by atoms with Crippen molar-refractivity contribution in [2.75, 3.05) is 0 Å². The first-order valence-electron chi connectivity index (χ1n) is 13.6. The van der Waals surface area contributed by atoms with Crippen LogP contribution in [-0.2, 0) is 5.41 Å². The molecule has 2 aliphatic heterocycles. The largest absolute Gasteiger partial charge is 0.309 e. The Morgan fingerprint density at radius 1 is 0.615 bits per heavy atom. The molecule has 0 fully saturated rings. The monoisotopic (exact) mass is 496 g/mol. The van der Waals surface area contributed by atoms with Crippen molar-refractivity contribution in [2.24, 2.45) is 4.99 Å². The first-order valence-corrected chi connectivity index (χ1v) is 13.6. The number of allylic oxidation sites excluding steroid dienone is 3. The maximum Gasteiger partial charge on any atom is 0.0721 e. The third-order valence-electron chi connectivity index (χ3n) is 8.95. The molecule has 2 nitrogen and oxygen atoms in total. The predicted molar refractivity (Wildman–Crippen MR) is 162 cm³/mol. The highest BCUT2D eigenvalue weighted by Crippen LogP contribution is 2.60. The van der Waals surface area contributed by atoms with Crippen LogP contribution in [-0.4, -0.2) is 10.8 Å². The SMILES string of the molecule is C1=NC(c2ccccc2)=CCC2=C1c1ccccc1C21c2ccccc2-n2c3ccccc3c3cccc1c32. The number of rotatable bonds is 1. The lowest BCUT2D eigenvalue weighted by Gasteiger charge is -2.40. The van der Waals surface area contributed by atoms with Gasteiger partial charge >= 0.3 is 0 Å². The number of aliphatic imine (C=N–C) groups is 1. The van der Waals surface area contributed by atoms with Crippen molar-refractivity contribution in [2.45, 2.75) is 11.8 Å². The van der Waals surface area contributed by atoms with Crippen LogP contribution < -0.4 is 0 Å². The van der Waals surface area contributed by atoms with Crippen LogP contribution in [0.5, 0.6) is 0 Å². The molecule has 39 heavy (non-hydrogen) atoms. The van der Waals surface area contributed by atoms with Crippen LogP contribution in [0.15, 0.2) is 138 Å². The van der Waals surface area contributed by atoms with Gasteiger partial charge in [0.1, 0.15) is 0 Å². The molecular formula is C37H24N2.